The summed E-state index contributed by atoms with van der Waals surface area (Å²) in [5.74, 6) is -0.622. The Hall–Kier alpha value is -3.48. The van der Waals surface area contributed by atoms with E-state index in [1.165, 1.54) is 70.6 Å². The molecule has 0 rings (SSSR count). The topological polar surface area (TPSA) is 95.9 Å². The van der Waals surface area contributed by atoms with Gasteiger partial charge >= 0.3 is 5.97 Å². The first-order valence-electron chi connectivity index (χ1n) is 26.1. The Morgan fingerprint density at radius 2 is 0.844 bits per heavy atom. The van der Waals surface area contributed by atoms with Gasteiger partial charge in [0.2, 0.25) is 5.91 Å². The monoisotopic (exact) mass is 888 g/mol. The van der Waals surface area contributed by atoms with Crippen LogP contribution in [0.2, 0.25) is 0 Å². The molecule has 3 N–H and O–H groups in total. The maximum absolute atomic E-state index is 13.2. The molecule has 0 aromatic heterocycles. The average Bonchev–Trinajstić information content (AvgIpc) is 3.29. The summed E-state index contributed by atoms with van der Waals surface area (Å²) in [7, 11) is 0. The van der Waals surface area contributed by atoms with Crippen LogP contribution in [-0.4, -0.2) is 46.9 Å². The van der Waals surface area contributed by atoms with Crippen LogP contribution in [0, 0.1) is 0 Å². The number of carbonyl (C=O) groups is 2. The normalized spacial score (nSPS) is 14.1. The summed E-state index contributed by atoms with van der Waals surface area (Å²) in [6.07, 6.45) is 68.7. The summed E-state index contributed by atoms with van der Waals surface area (Å²) in [4.78, 5) is 26.1. The first kappa shape index (κ1) is 60.5. The maximum Gasteiger partial charge on any atom is 0.306 e. The molecule has 0 fully saturated rings. The van der Waals surface area contributed by atoms with Gasteiger partial charge in [0.1, 0.15) is 6.10 Å². The van der Waals surface area contributed by atoms with Crippen molar-refractivity contribution in [2.75, 3.05) is 6.61 Å². The quantitative estimate of drug-likeness (QED) is 0.0322. The largest absolute Gasteiger partial charge is 0.462 e. The number of rotatable bonds is 45. The Kier molecular flexibility index (Phi) is 47.8. The fourth-order valence-corrected chi connectivity index (χ4v) is 7.23. The van der Waals surface area contributed by atoms with Gasteiger partial charge in [0.15, 0.2) is 0 Å². The standard InChI is InChI=1S/C58H97NO5/c1-4-7-10-13-16-19-22-25-27-28-29-30-31-33-36-39-42-45-48-51-58(63)64-54(49-46-43-40-37-34-24-21-18-15-12-9-6-3)52-57(62)59-55(53-60)56(61)50-47-44-41-38-35-32-26-23-20-17-14-11-8-5-2/h7,9-10,12,16,18-19,21,25,27,29-30,33-34,36-37,42,45,54-56,60-61H,4-6,8,11,13-15,17,20,22-24,26,28,31-32,35,38-41,43-44,46-53H2,1-3H3,(H,59,62)/b10-7-,12-9+,19-16-,21-18+,27-25-,30-29-,36-33-,37-34+,45-42-. The third-order valence-electron chi connectivity index (χ3n) is 11.1. The van der Waals surface area contributed by atoms with Crippen LogP contribution in [0.4, 0.5) is 0 Å². The van der Waals surface area contributed by atoms with Crippen molar-refractivity contribution in [2.24, 2.45) is 0 Å². The molecule has 6 nitrogen and oxygen atoms in total. The number of hydrogen-bond donors (Lipinski definition) is 3. The highest BCUT2D eigenvalue weighted by molar-refractivity contribution is 5.77. The molecular formula is C58H97NO5. The van der Waals surface area contributed by atoms with Gasteiger partial charge in [-0.25, -0.2) is 0 Å². The van der Waals surface area contributed by atoms with Gasteiger partial charge in [-0.2, -0.15) is 0 Å². The van der Waals surface area contributed by atoms with Crippen LogP contribution in [0.25, 0.3) is 0 Å². The first-order chi connectivity index (χ1) is 31.5. The number of unbranched alkanes of at least 4 members (excludes halogenated alkanes) is 15. The number of hydrogen-bond acceptors (Lipinski definition) is 5. The summed E-state index contributed by atoms with van der Waals surface area (Å²) >= 11 is 0. The lowest BCUT2D eigenvalue weighted by Gasteiger charge is -2.24. The molecule has 0 aromatic carbocycles. The zero-order chi connectivity index (χ0) is 46.7. The molecule has 0 radical (unpaired) electrons. The molecule has 0 bridgehead atoms. The van der Waals surface area contributed by atoms with E-state index in [1.54, 1.807) is 0 Å². The number of aliphatic hydroxyl groups excluding tert-OH is 2. The molecular weight excluding hydrogens is 791 g/mol. The minimum Gasteiger partial charge on any atom is -0.462 e. The van der Waals surface area contributed by atoms with Crippen molar-refractivity contribution in [1.82, 2.24) is 5.32 Å². The Morgan fingerprint density at radius 3 is 1.27 bits per heavy atom. The van der Waals surface area contributed by atoms with Crippen molar-refractivity contribution in [3.8, 4) is 0 Å². The Morgan fingerprint density at radius 1 is 0.469 bits per heavy atom. The Balaban J connectivity index is 4.72. The molecule has 0 aliphatic heterocycles. The highest BCUT2D eigenvalue weighted by atomic mass is 16.5. The fourth-order valence-electron chi connectivity index (χ4n) is 7.23. The molecule has 1 amide bonds. The van der Waals surface area contributed by atoms with Gasteiger partial charge in [-0.3, -0.25) is 9.59 Å². The summed E-state index contributed by atoms with van der Waals surface area (Å²) in [6, 6.07) is -0.735. The highest BCUT2D eigenvalue weighted by Gasteiger charge is 2.24. The smallest absolute Gasteiger partial charge is 0.306 e. The van der Waals surface area contributed by atoms with E-state index in [9.17, 15) is 19.8 Å². The molecule has 364 valence electrons. The van der Waals surface area contributed by atoms with Crippen molar-refractivity contribution < 1.29 is 24.5 Å². The SMILES string of the molecule is CC/C=C\C/C=C\C/C=C\C/C=C\C/C=C\C/C=C\CCC(=O)OC(CCCC/C=C/C/C=C/C/C=C/CC)CC(=O)NC(CO)C(O)CCCCCCCCCCCCCCCC. The van der Waals surface area contributed by atoms with E-state index in [-0.39, 0.29) is 31.3 Å². The summed E-state index contributed by atoms with van der Waals surface area (Å²) < 4.78 is 5.87. The van der Waals surface area contributed by atoms with Gasteiger partial charge in [0.25, 0.3) is 0 Å². The molecule has 0 heterocycles. The lowest BCUT2D eigenvalue weighted by atomic mass is 10.0. The zero-order valence-electron chi connectivity index (χ0n) is 41.4. The van der Waals surface area contributed by atoms with Crippen LogP contribution < -0.4 is 5.32 Å². The number of amides is 1. The number of nitrogens with one attached hydrogen (secondary N) is 1. The van der Waals surface area contributed by atoms with E-state index in [0.29, 0.717) is 19.3 Å². The number of allylic oxidation sites excluding steroid dienone is 18. The van der Waals surface area contributed by atoms with Crippen molar-refractivity contribution in [1.29, 1.82) is 0 Å². The molecule has 0 saturated heterocycles. The first-order valence-corrected chi connectivity index (χ1v) is 26.1. The van der Waals surface area contributed by atoms with Crippen molar-refractivity contribution in [3.63, 3.8) is 0 Å². The second-order valence-corrected chi connectivity index (χ2v) is 17.2. The highest BCUT2D eigenvalue weighted by Crippen LogP contribution is 2.16. The molecule has 0 spiro atoms. The molecule has 3 atom stereocenters. The number of ether oxygens (including phenoxy) is 1. The van der Waals surface area contributed by atoms with E-state index in [2.05, 4.69) is 129 Å². The fraction of sp³-hybridized carbons (Fsp3) is 0.655. The predicted octanol–water partition coefficient (Wildman–Crippen LogP) is 15.9. The lowest BCUT2D eigenvalue weighted by Crippen LogP contribution is -2.46. The molecule has 0 aliphatic carbocycles. The second kappa shape index (κ2) is 50.5. The molecule has 6 heteroatoms. The van der Waals surface area contributed by atoms with Crippen LogP contribution in [0.1, 0.15) is 220 Å². The molecule has 0 aliphatic rings. The molecule has 0 saturated carbocycles. The van der Waals surface area contributed by atoms with E-state index >= 15 is 0 Å². The lowest BCUT2D eigenvalue weighted by molar-refractivity contribution is -0.150. The van der Waals surface area contributed by atoms with Gasteiger partial charge < -0.3 is 20.3 Å². The van der Waals surface area contributed by atoms with Crippen molar-refractivity contribution >= 4 is 11.9 Å². The van der Waals surface area contributed by atoms with Gasteiger partial charge in [0, 0.05) is 6.42 Å². The van der Waals surface area contributed by atoms with Crippen molar-refractivity contribution in [3.05, 3.63) is 109 Å². The zero-order valence-corrected chi connectivity index (χ0v) is 41.4. The Labute approximate surface area is 394 Å². The van der Waals surface area contributed by atoms with E-state index < -0.39 is 18.2 Å². The number of aliphatic hydroxyl groups is 2. The van der Waals surface area contributed by atoms with Crippen molar-refractivity contribution in [2.45, 2.75) is 238 Å². The van der Waals surface area contributed by atoms with Gasteiger partial charge in [-0.1, -0.05) is 220 Å². The third kappa shape index (κ3) is 45.1. The summed E-state index contributed by atoms with van der Waals surface area (Å²) in [5.41, 5.74) is 0. The summed E-state index contributed by atoms with van der Waals surface area (Å²) in [5, 5.41) is 23.7. The van der Waals surface area contributed by atoms with Crippen LogP contribution in [0.5, 0.6) is 0 Å². The van der Waals surface area contributed by atoms with Crippen LogP contribution in [0.3, 0.4) is 0 Å². The third-order valence-corrected chi connectivity index (χ3v) is 11.1. The van der Waals surface area contributed by atoms with E-state index in [4.69, 9.17) is 4.74 Å². The molecule has 0 aromatic rings. The molecule has 3 unspecified atom stereocenters. The van der Waals surface area contributed by atoms with Gasteiger partial charge in [-0.05, 0) is 96.3 Å². The minimum absolute atomic E-state index is 0.0147. The van der Waals surface area contributed by atoms with Gasteiger partial charge in [0.05, 0.1) is 25.2 Å². The predicted molar refractivity (Wildman–Crippen MR) is 277 cm³/mol. The number of esters is 1. The van der Waals surface area contributed by atoms with Gasteiger partial charge in [-0.15, -0.1) is 0 Å². The van der Waals surface area contributed by atoms with Crippen LogP contribution >= 0.6 is 0 Å². The minimum atomic E-state index is -0.817. The van der Waals surface area contributed by atoms with Crippen LogP contribution in [-0.2, 0) is 14.3 Å². The molecule has 64 heavy (non-hydrogen) atoms. The van der Waals surface area contributed by atoms with Crippen LogP contribution in [0.15, 0.2) is 109 Å². The second-order valence-electron chi connectivity index (χ2n) is 17.2. The number of carbonyl (C=O) groups excluding carboxylic acids is 2. The van der Waals surface area contributed by atoms with E-state index in [0.717, 1.165) is 96.3 Å². The van der Waals surface area contributed by atoms with E-state index in [1.807, 2.05) is 6.08 Å². The maximum atomic E-state index is 13.2. The Bertz CT molecular complexity index is 1320. The average molecular weight is 888 g/mol. The summed E-state index contributed by atoms with van der Waals surface area (Å²) in [6.45, 7) is 6.22.